The van der Waals surface area contributed by atoms with Crippen LogP contribution in [0.5, 0.6) is 0 Å². The molecule has 7 heteroatoms. The van der Waals surface area contributed by atoms with Crippen molar-refractivity contribution in [1.29, 1.82) is 0 Å². The summed E-state index contributed by atoms with van der Waals surface area (Å²) < 4.78 is 26.8. The Morgan fingerprint density at radius 3 is 2.53 bits per heavy atom. The number of sulfone groups is 1. The average Bonchev–Trinajstić information content (AvgIpc) is 2.28. The first-order valence-corrected chi connectivity index (χ1v) is 6.50. The van der Waals surface area contributed by atoms with E-state index in [0.29, 0.717) is 12.3 Å². The van der Waals surface area contributed by atoms with Gasteiger partial charge in [-0.15, -0.1) is 0 Å². The number of aromatic nitrogens is 2. The molecule has 0 radical (unpaired) electrons. The predicted molar refractivity (Wildman–Crippen MR) is 54.8 cm³/mol. The highest BCUT2D eigenvalue weighted by molar-refractivity contribution is 7.89. The first kappa shape index (κ1) is 12.1. The topological polar surface area (TPSA) is 99.1 Å². The molecule has 0 aromatic carbocycles. The van der Waals surface area contributed by atoms with Gasteiger partial charge in [0, 0.05) is 18.2 Å². The Balaban J connectivity index is 2.73. The number of nitrogens with zero attached hydrogens (tertiary/aromatic N) is 2. The fourth-order valence-corrected chi connectivity index (χ4v) is 1.63. The molecule has 0 saturated carbocycles. The van der Waals surface area contributed by atoms with E-state index < -0.39 is 15.4 Å². The van der Waals surface area contributed by atoms with Gasteiger partial charge in [-0.2, -0.15) is 4.98 Å². The van der Waals surface area contributed by atoms with Crippen molar-refractivity contribution < 1.29 is 12.9 Å². The van der Waals surface area contributed by atoms with Crippen LogP contribution >= 0.6 is 0 Å². The largest absolute Gasteiger partial charge is 0.339 e. The van der Waals surface area contributed by atoms with E-state index in [2.05, 4.69) is 10.1 Å². The summed E-state index contributed by atoms with van der Waals surface area (Å²) in [4.78, 5) is 3.94. The third-order valence-electron chi connectivity index (χ3n) is 1.51. The second-order valence-electron chi connectivity index (χ2n) is 4.34. The predicted octanol–water partition coefficient (Wildman–Crippen LogP) is -0.106. The van der Waals surface area contributed by atoms with Gasteiger partial charge in [0.05, 0.1) is 0 Å². The van der Waals surface area contributed by atoms with Crippen molar-refractivity contribution in [3.63, 3.8) is 0 Å². The zero-order valence-electron chi connectivity index (χ0n) is 9.02. The Bertz CT molecular complexity index is 430. The van der Waals surface area contributed by atoms with Gasteiger partial charge in [-0.05, 0) is 13.8 Å². The lowest BCUT2D eigenvalue weighted by Crippen LogP contribution is -2.34. The summed E-state index contributed by atoms with van der Waals surface area (Å²) in [5.74, 6) is 0.333. The molecule has 0 aliphatic carbocycles. The SMILES string of the molecule is CC(C)(N)Cc1nc(CS(C)(=O)=O)no1. The molecular formula is C8H15N3O3S. The third kappa shape index (κ3) is 4.89. The van der Waals surface area contributed by atoms with Crippen LogP contribution in [0.2, 0.25) is 0 Å². The standard InChI is InChI=1S/C8H15N3O3S/c1-8(2,9)4-7-10-6(11-14-7)5-15(3,12)13/h4-5,9H2,1-3H3. The van der Waals surface area contributed by atoms with Gasteiger partial charge >= 0.3 is 0 Å². The minimum absolute atomic E-state index is 0.178. The van der Waals surface area contributed by atoms with Crippen LogP contribution < -0.4 is 5.73 Å². The molecule has 0 spiro atoms. The molecule has 1 aromatic heterocycles. The maximum absolute atomic E-state index is 10.9. The monoisotopic (exact) mass is 233 g/mol. The average molecular weight is 233 g/mol. The molecular weight excluding hydrogens is 218 g/mol. The van der Waals surface area contributed by atoms with E-state index in [9.17, 15) is 8.42 Å². The Kier molecular flexibility index (Phi) is 3.15. The molecule has 0 atom stereocenters. The Hall–Kier alpha value is -0.950. The smallest absolute Gasteiger partial charge is 0.228 e. The van der Waals surface area contributed by atoms with E-state index in [1.165, 1.54) is 0 Å². The molecule has 1 heterocycles. The van der Waals surface area contributed by atoms with E-state index in [1.807, 2.05) is 13.8 Å². The van der Waals surface area contributed by atoms with Gasteiger partial charge < -0.3 is 10.3 Å². The lowest BCUT2D eigenvalue weighted by Gasteiger charge is -2.14. The van der Waals surface area contributed by atoms with Crippen LogP contribution in [0.4, 0.5) is 0 Å². The Labute approximate surface area is 88.8 Å². The lowest BCUT2D eigenvalue weighted by atomic mass is 10.0. The molecule has 0 fully saturated rings. The van der Waals surface area contributed by atoms with E-state index in [0.717, 1.165) is 6.26 Å². The summed E-state index contributed by atoms with van der Waals surface area (Å²) in [7, 11) is -3.12. The number of nitrogens with two attached hydrogens (primary N) is 1. The van der Waals surface area contributed by atoms with E-state index >= 15 is 0 Å². The van der Waals surface area contributed by atoms with Crippen LogP contribution in [0.1, 0.15) is 25.6 Å². The molecule has 0 amide bonds. The first-order chi connectivity index (χ1) is 6.66. The van der Waals surface area contributed by atoms with Gasteiger partial charge in [0.25, 0.3) is 0 Å². The molecule has 86 valence electrons. The van der Waals surface area contributed by atoms with Gasteiger partial charge in [0.2, 0.25) is 5.89 Å². The van der Waals surface area contributed by atoms with Gasteiger partial charge in [-0.3, -0.25) is 0 Å². The van der Waals surface area contributed by atoms with Crippen molar-refractivity contribution >= 4 is 9.84 Å². The highest BCUT2D eigenvalue weighted by atomic mass is 32.2. The second kappa shape index (κ2) is 3.90. The molecule has 1 aromatic rings. The zero-order valence-corrected chi connectivity index (χ0v) is 9.84. The summed E-state index contributed by atoms with van der Waals surface area (Å²) in [6.45, 7) is 3.65. The first-order valence-electron chi connectivity index (χ1n) is 4.44. The molecule has 0 unspecified atom stereocenters. The fourth-order valence-electron chi connectivity index (χ4n) is 1.04. The van der Waals surface area contributed by atoms with Crippen molar-refractivity contribution in [2.24, 2.45) is 5.73 Å². The van der Waals surface area contributed by atoms with E-state index in [4.69, 9.17) is 10.3 Å². The van der Waals surface area contributed by atoms with E-state index in [1.54, 1.807) is 0 Å². The zero-order chi connectivity index (χ0) is 11.7. The van der Waals surface area contributed by atoms with Crippen LogP contribution in [-0.4, -0.2) is 30.4 Å². The van der Waals surface area contributed by atoms with Gasteiger partial charge in [-0.25, -0.2) is 8.42 Å². The number of rotatable bonds is 4. The van der Waals surface area contributed by atoms with Gasteiger partial charge in [0.15, 0.2) is 15.7 Å². The van der Waals surface area contributed by atoms with Crippen molar-refractivity contribution in [3.05, 3.63) is 11.7 Å². The number of hydrogen-bond donors (Lipinski definition) is 1. The summed E-state index contributed by atoms with van der Waals surface area (Å²) in [5.41, 5.74) is 5.31. The highest BCUT2D eigenvalue weighted by Crippen LogP contribution is 2.09. The van der Waals surface area contributed by atoms with Crippen molar-refractivity contribution in [1.82, 2.24) is 10.1 Å². The molecule has 15 heavy (non-hydrogen) atoms. The summed E-state index contributed by atoms with van der Waals surface area (Å²) >= 11 is 0. The second-order valence-corrected chi connectivity index (χ2v) is 6.48. The van der Waals surface area contributed by atoms with E-state index in [-0.39, 0.29) is 11.6 Å². The fraction of sp³-hybridized carbons (Fsp3) is 0.750. The quantitative estimate of drug-likeness (QED) is 0.779. The van der Waals surface area contributed by atoms with Crippen molar-refractivity contribution in [2.75, 3.05) is 6.26 Å². The highest BCUT2D eigenvalue weighted by Gasteiger charge is 2.18. The number of hydrogen-bond acceptors (Lipinski definition) is 6. The van der Waals surface area contributed by atoms with Crippen molar-refractivity contribution in [2.45, 2.75) is 31.6 Å². The van der Waals surface area contributed by atoms with Crippen LogP contribution in [0, 0.1) is 0 Å². The Morgan fingerprint density at radius 2 is 2.07 bits per heavy atom. The molecule has 0 bridgehead atoms. The van der Waals surface area contributed by atoms with Crippen LogP contribution in [0.25, 0.3) is 0 Å². The molecule has 1 rings (SSSR count). The summed E-state index contributed by atoms with van der Waals surface area (Å²) in [5, 5.41) is 3.56. The summed E-state index contributed by atoms with van der Waals surface area (Å²) in [6.07, 6.45) is 1.54. The maximum atomic E-state index is 10.9. The Morgan fingerprint density at radius 1 is 1.47 bits per heavy atom. The third-order valence-corrected chi connectivity index (χ3v) is 2.29. The molecule has 0 aliphatic rings. The normalized spacial score (nSPS) is 13.1. The summed E-state index contributed by atoms with van der Waals surface area (Å²) in [6, 6.07) is 0. The van der Waals surface area contributed by atoms with Crippen LogP contribution in [0.3, 0.4) is 0 Å². The maximum Gasteiger partial charge on any atom is 0.228 e. The minimum atomic E-state index is -3.12. The molecule has 2 N–H and O–H groups in total. The van der Waals surface area contributed by atoms with Gasteiger partial charge in [-0.1, -0.05) is 5.16 Å². The molecule has 0 saturated heterocycles. The van der Waals surface area contributed by atoms with Crippen molar-refractivity contribution in [3.8, 4) is 0 Å². The minimum Gasteiger partial charge on any atom is -0.339 e. The van der Waals surface area contributed by atoms with Crippen LogP contribution in [-0.2, 0) is 22.0 Å². The van der Waals surface area contributed by atoms with Crippen LogP contribution in [0.15, 0.2) is 4.52 Å². The lowest BCUT2D eigenvalue weighted by molar-refractivity contribution is 0.345. The molecule has 0 aliphatic heterocycles. The molecule has 6 nitrogen and oxygen atoms in total. The van der Waals surface area contributed by atoms with Gasteiger partial charge in [0.1, 0.15) is 5.75 Å².